The van der Waals surface area contributed by atoms with Crippen LogP contribution in [-0.2, 0) is 4.79 Å². The molecule has 2 amide bonds. The molecule has 0 fully saturated rings. The van der Waals surface area contributed by atoms with Crippen LogP contribution in [0, 0.1) is 22.7 Å². The minimum absolute atomic E-state index is 0.331. The van der Waals surface area contributed by atoms with Crippen LogP contribution in [0.4, 0.5) is 5.69 Å². The molecule has 2 aromatic carbocycles. The zero-order valence-corrected chi connectivity index (χ0v) is 16.3. The molecule has 3 aromatic rings. The molecule has 0 saturated carbocycles. The third kappa shape index (κ3) is 4.34. The summed E-state index contributed by atoms with van der Waals surface area (Å²) < 4.78 is 0.863. The maximum atomic E-state index is 12.5. The van der Waals surface area contributed by atoms with Gasteiger partial charge in [0.1, 0.15) is 12.1 Å². The SMILES string of the molecule is CC[C@@H](Nc1ccc(C#N)c2sccc12)C(=O)NNC(=O)c1ccc(C#N)cc1. The molecule has 3 N–H and O–H groups in total. The molecule has 1 atom stereocenters. The van der Waals surface area contributed by atoms with E-state index < -0.39 is 11.9 Å². The van der Waals surface area contributed by atoms with Crippen molar-refractivity contribution in [2.24, 2.45) is 0 Å². The Bertz CT molecular complexity index is 1140. The van der Waals surface area contributed by atoms with Crippen molar-refractivity contribution in [2.45, 2.75) is 19.4 Å². The number of anilines is 1. The van der Waals surface area contributed by atoms with Gasteiger partial charge in [-0.2, -0.15) is 10.5 Å². The van der Waals surface area contributed by atoms with Crippen molar-refractivity contribution in [3.63, 3.8) is 0 Å². The monoisotopic (exact) mass is 403 g/mol. The van der Waals surface area contributed by atoms with Gasteiger partial charge in [0, 0.05) is 16.6 Å². The number of hydrogen-bond acceptors (Lipinski definition) is 6. The predicted octanol–water partition coefficient (Wildman–Crippen LogP) is 3.30. The summed E-state index contributed by atoms with van der Waals surface area (Å²) in [5, 5.41) is 24.0. The van der Waals surface area contributed by atoms with Gasteiger partial charge in [-0.05, 0) is 54.3 Å². The molecule has 0 spiro atoms. The summed E-state index contributed by atoms with van der Waals surface area (Å²) >= 11 is 1.47. The fourth-order valence-electron chi connectivity index (χ4n) is 2.79. The van der Waals surface area contributed by atoms with E-state index in [4.69, 9.17) is 5.26 Å². The van der Waals surface area contributed by atoms with Crippen LogP contribution < -0.4 is 16.2 Å². The first-order valence-electron chi connectivity index (χ1n) is 8.84. The van der Waals surface area contributed by atoms with Crippen molar-refractivity contribution >= 4 is 38.9 Å². The van der Waals surface area contributed by atoms with Gasteiger partial charge in [0.25, 0.3) is 11.8 Å². The van der Waals surface area contributed by atoms with Crippen LogP contribution in [-0.4, -0.2) is 17.9 Å². The molecule has 0 unspecified atom stereocenters. The van der Waals surface area contributed by atoms with E-state index in [1.165, 1.54) is 35.6 Å². The lowest BCUT2D eigenvalue weighted by atomic mass is 10.1. The number of amides is 2. The van der Waals surface area contributed by atoms with Gasteiger partial charge in [-0.1, -0.05) is 6.92 Å². The highest BCUT2D eigenvalue weighted by Crippen LogP contribution is 2.31. The highest BCUT2D eigenvalue weighted by molar-refractivity contribution is 7.17. The van der Waals surface area contributed by atoms with Crippen LogP contribution in [0.3, 0.4) is 0 Å². The number of rotatable bonds is 5. The van der Waals surface area contributed by atoms with Crippen molar-refractivity contribution in [1.29, 1.82) is 10.5 Å². The van der Waals surface area contributed by atoms with Crippen LogP contribution in [0.1, 0.15) is 34.8 Å². The second-order valence-corrected chi connectivity index (χ2v) is 7.09. The summed E-state index contributed by atoms with van der Waals surface area (Å²) in [4.78, 5) is 24.7. The number of thiophene rings is 1. The van der Waals surface area contributed by atoms with Crippen molar-refractivity contribution in [2.75, 3.05) is 5.32 Å². The molecule has 0 saturated heterocycles. The lowest BCUT2D eigenvalue weighted by Crippen LogP contribution is -2.48. The number of benzene rings is 2. The van der Waals surface area contributed by atoms with Crippen LogP contribution in [0.25, 0.3) is 10.1 Å². The number of nitrogens with zero attached hydrogens (tertiary/aromatic N) is 2. The molecule has 29 heavy (non-hydrogen) atoms. The molecular formula is C21H17N5O2S. The van der Waals surface area contributed by atoms with Gasteiger partial charge in [0.05, 0.1) is 21.9 Å². The zero-order valence-electron chi connectivity index (χ0n) is 15.5. The van der Waals surface area contributed by atoms with Gasteiger partial charge in [-0.25, -0.2) is 0 Å². The largest absolute Gasteiger partial charge is 0.373 e. The average Bonchev–Trinajstić information content (AvgIpc) is 3.26. The smallest absolute Gasteiger partial charge is 0.269 e. The number of nitrogens with one attached hydrogen (secondary N) is 3. The number of hydrazine groups is 1. The molecule has 0 radical (unpaired) electrons. The molecular weight excluding hydrogens is 386 g/mol. The third-order valence-corrected chi connectivity index (χ3v) is 5.31. The average molecular weight is 403 g/mol. The van der Waals surface area contributed by atoms with Crippen molar-refractivity contribution in [1.82, 2.24) is 10.9 Å². The molecule has 0 bridgehead atoms. The number of fused-ring (bicyclic) bond motifs is 1. The molecule has 8 heteroatoms. The molecule has 0 aliphatic carbocycles. The van der Waals surface area contributed by atoms with E-state index in [1.807, 2.05) is 24.4 Å². The highest BCUT2D eigenvalue weighted by atomic mass is 32.1. The van der Waals surface area contributed by atoms with Gasteiger partial charge >= 0.3 is 0 Å². The number of hydrogen-bond donors (Lipinski definition) is 3. The Labute approximate surface area is 171 Å². The Morgan fingerprint density at radius 2 is 1.79 bits per heavy atom. The Kier molecular flexibility index (Phi) is 6.08. The second kappa shape index (κ2) is 8.87. The Morgan fingerprint density at radius 1 is 1.03 bits per heavy atom. The number of carbonyl (C=O) groups excluding carboxylic acids is 2. The second-order valence-electron chi connectivity index (χ2n) is 6.17. The van der Waals surface area contributed by atoms with Gasteiger partial charge < -0.3 is 5.32 Å². The molecule has 3 rings (SSSR count). The molecule has 1 aromatic heterocycles. The summed E-state index contributed by atoms with van der Waals surface area (Å²) in [6.45, 7) is 1.86. The van der Waals surface area contributed by atoms with Gasteiger partial charge in [-0.15, -0.1) is 11.3 Å². The van der Waals surface area contributed by atoms with Gasteiger partial charge in [-0.3, -0.25) is 20.4 Å². The van der Waals surface area contributed by atoms with Crippen LogP contribution >= 0.6 is 11.3 Å². The summed E-state index contributed by atoms with van der Waals surface area (Å²) in [5.41, 5.74) is 6.93. The fourth-order valence-corrected chi connectivity index (χ4v) is 3.68. The quantitative estimate of drug-likeness (QED) is 0.565. The van der Waals surface area contributed by atoms with E-state index in [0.717, 1.165) is 15.8 Å². The maximum absolute atomic E-state index is 12.5. The topological polar surface area (TPSA) is 118 Å². The Hall–Kier alpha value is -3.88. The summed E-state index contributed by atoms with van der Waals surface area (Å²) in [5.74, 6) is -0.862. The summed E-state index contributed by atoms with van der Waals surface area (Å²) in [6.07, 6.45) is 0.490. The maximum Gasteiger partial charge on any atom is 0.269 e. The van der Waals surface area contributed by atoms with Crippen LogP contribution in [0.15, 0.2) is 47.8 Å². The molecule has 0 aliphatic rings. The van der Waals surface area contributed by atoms with Gasteiger partial charge in [0.15, 0.2) is 0 Å². The molecule has 7 nitrogen and oxygen atoms in total. The molecule has 144 valence electrons. The van der Waals surface area contributed by atoms with Gasteiger partial charge in [0.2, 0.25) is 0 Å². The number of nitriles is 2. The van der Waals surface area contributed by atoms with Crippen LogP contribution in [0.5, 0.6) is 0 Å². The number of carbonyl (C=O) groups is 2. The minimum Gasteiger partial charge on any atom is -0.373 e. The van der Waals surface area contributed by atoms with E-state index in [-0.39, 0.29) is 5.91 Å². The first-order valence-corrected chi connectivity index (χ1v) is 9.72. The van der Waals surface area contributed by atoms with E-state index in [1.54, 1.807) is 12.1 Å². The summed E-state index contributed by atoms with van der Waals surface area (Å²) in [6, 6.07) is 15.1. The minimum atomic E-state index is -0.577. The lowest BCUT2D eigenvalue weighted by molar-refractivity contribution is -0.122. The van der Waals surface area contributed by atoms with Crippen molar-refractivity contribution in [3.05, 3.63) is 64.5 Å². The Balaban J connectivity index is 1.66. The standard InChI is InChI=1S/C21H17N5O2S/c1-2-17(24-18-8-7-15(12-23)19-16(18)9-10-29-19)21(28)26-25-20(27)14-5-3-13(11-22)4-6-14/h3-10,17,24H,2H2,1H3,(H,25,27)(H,26,28)/t17-/m1/s1. The van der Waals surface area contributed by atoms with Crippen LogP contribution in [0.2, 0.25) is 0 Å². The molecule has 0 aliphatic heterocycles. The van der Waals surface area contributed by atoms with Crippen molar-refractivity contribution < 1.29 is 9.59 Å². The third-order valence-electron chi connectivity index (χ3n) is 4.37. The summed E-state index contributed by atoms with van der Waals surface area (Å²) in [7, 11) is 0. The predicted molar refractivity (Wildman–Crippen MR) is 111 cm³/mol. The van der Waals surface area contributed by atoms with E-state index in [0.29, 0.717) is 23.1 Å². The lowest BCUT2D eigenvalue weighted by Gasteiger charge is -2.19. The van der Waals surface area contributed by atoms with E-state index in [2.05, 4.69) is 22.2 Å². The Morgan fingerprint density at radius 3 is 2.45 bits per heavy atom. The zero-order chi connectivity index (χ0) is 20.8. The normalized spacial score (nSPS) is 11.1. The molecule has 1 heterocycles. The van der Waals surface area contributed by atoms with E-state index >= 15 is 0 Å². The highest BCUT2D eigenvalue weighted by Gasteiger charge is 2.19. The van der Waals surface area contributed by atoms with E-state index in [9.17, 15) is 14.9 Å². The fraction of sp³-hybridized carbons (Fsp3) is 0.143. The first kappa shape index (κ1) is 19.9. The first-order chi connectivity index (χ1) is 14.1. The van der Waals surface area contributed by atoms with Crippen molar-refractivity contribution in [3.8, 4) is 12.1 Å².